The topological polar surface area (TPSA) is 315 Å². The van der Waals surface area contributed by atoms with E-state index in [1.54, 1.807) is 19.1 Å². The van der Waals surface area contributed by atoms with Crippen LogP contribution in [0.15, 0.2) is 53.6 Å². The van der Waals surface area contributed by atoms with Crippen LogP contribution < -0.4 is 31.7 Å². The van der Waals surface area contributed by atoms with E-state index in [1.807, 2.05) is 57.2 Å². The quantitative estimate of drug-likeness (QED) is 0.0505. The van der Waals surface area contributed by atoms with Gasteiger partial charge in [0, 0.05) is 61.3 Å². The molecular weight excluding hydrogens is 1140 g/mol. The van der Waals surface area contributed by atoms with Gasteiger partial charge in [0.2, 0.25) is 35.4 Å². The second-order valence-electron chi connectivity index (χ2n) is 26.2. The first-order valence-corrected chi connectivity index (χ1v) is 36.3. The molecule has 0 bridgehead atoms. The summed E-state index contributed by atoms with van der Waals surface area (Å²) in [6.45, 7) is 27.9. The maximum absolute atomic E-state index is 15.1. The number of ketones is 2. The highest BCUT2D eigenvalue weighted by molar-refractivity contribution is 7.99. The number of aliphatic carboxylic acids is 1. The number of amides is 6. The lowest BCUT2D eigenvalue weighted by molar-refractivity contribution is -0.150. The van der Waals surface area contributed by atoms with Gasteiger partial charge in [-0.2, -0.15) is 0 Å². The van der Waals surface area contributed by atoms with Crippen LogP contribution in [0.2, 0.25) is 36.3 Å². The number of fused-ring (bicyclic) bond motifs is 3. The molecule has 0 saturated carbocycles. The van der Waals surface area contributed by atoms with Gasteiger partial charge < -0.3 is 60.7 Å². The first kappa shape index (κ1) is 69.8. The lowest BCUT2D eigenvalue weighted by Gasteiger charge is -2.44. The van der Waals surface area contributed by atoms with Gasteiger partial charge >= 0.3 is 5.97 Å². The van der Waals surface area contributed by atoms with E-state index in [1.165, 1.54) is 0 Å². The van der Waals surface area contributed by atoms with Crippen LogP contribution in [-0.2, 0) is 65.0 Å². The summed E-state index contributed by atoms with van der Waals surface area (Å²) in [5, 5.41) is 31.8. The molecule has 85 heavy (non-hydrogen) atoms. The van der Waals surface area contributed by atoms with Crippen molar-refractivity contribution >= 4 is 92.3 Å². The number of likely N-dealkylation sites (tertiary alicyclic amines) is 1. The minimum absolute atomic E-state index is 0.0737. The van der Waals surface area contributed by atoms with Crippen molar-refractivity contribution in [3.05, 3.63) is 59.7 Å². The number of benzene rings is 2. The number of aliphatic hydroxyl groups excluding tert-OH is 1. The molecule has 3 heterocycles. The van der Waals surface area contributed by atoms with Gasteiger partial charge in [0.05, 0.1) is 54.4 Å². The summed E-state index contributed by atoms with van der Waals surface area (Å²) in [4.78, 5) is 129. The fraction of sp³-hybridized carbons (Fsp3) is 0.623. The Morgan fingerprint density at radius 3 is 2.07 bits per heavy atom. The van der Waals surface area contributed by atoms with Crippen molar-refractivity contribution in [1.29, 1.82) is 0 Å². The molecule has 0 radical (unpaired) electrons. The predicted octanol–water partition coefficient (Wildman–Crippen LogP) is 6.40. The molecular formula is C61H93N7O14SSi2. The molecule has 5 rings (SSSR count). The largest absolute Gasteiger partial charge is 0.489 e. The van der Waals surface area contributed by atoms with Crippen LogP contribution in [0.1, 0.15) is 112 Å². The number of primary amides is 1. The number of Topliss-reactive ketones (excluding diaryl/α,β-unsaturated/α-hetero) is 2. The van der Waals surface area contributed by atoms with Crippen LogP contribution in [0.3, 0.4) is 0 Å². The number of β-amino-alcohol motifs (C(OH)–C–C–N with tert-alkyl or cyclic N) is 1. The molecule has 3 aromatic rings. The normalized spacial score (nSPS) is 21.8. The molecule has 9 N–H and O–H groups in total. The molecule has 1 saturated heterocycles. The van der Waals surface area contributed by atoms with Crippen molar-refractivity contribution in [3.8, 4) is 5.75 Å². The lowest BCUT2D eigenvalue weighted by atomic mass is 9.82. The highest BCUT2D eigenvalue weighted by atomic mass is 32.2. The maximum Gasteiger partial charge on any atom is 0.326 e. The monoisotopic (exact) mass is 1240 g/mol. The van der Waals surface area contributed by atoms with Gasteiger partial charge in [0.15, 0.2) is 22.4 Å². The molecule has 10 atom stereocenters. The van der Waals surface area contributed by atoms with Gasteiger partial charge in [-0.15, -0.1) is 11.8 Å². The summed E-state index contributed by atoms with van der Waals surface area (Å²) >= 11 is 1.09. The van der Waals surface area contributed by atoms with E-state index >= 15 is 4.79 Å². The number of carboxylic acids is 1. The number of H-pyrrole nitrogens is 1. The van der Waals surface area contributed by atoms with Crippen molar-refractivity contribution in [2.75, 3.05) is 32.0 Å². The maximum atomic E-state index is 15.1. The van der Waals surface area contributed by atoms with Gasteiger partial charge in [-0.3, -0.25) is 38.4 Å². The van der Waals surface area contributed by atoms with Crippen molar-refractivity contribution in [1.82, 2.24) is 31.2 Å². The van der Waals surface area contributed by atoms with Crippen LogP contribution in [0, 0.1) is 29.6 Å². The Morgan fingerprint density at radius 1 is 0.847 bits per heavy atom. The van der Waals surface area contributed by atoms with Crippen LogP contribution in [0.5, 0.6) is 5.75 Å². The Labute approximate surface area is 506 Å². The van der Waals surface area contributed by atoms with Crippen LogP contribution in [-0.4, -0.2) is 152 Å². The summed E-state index contributed by atoms with van der Waals surface area (Å²) in [6, 6.07) is 10.9. The van der Waals surface area contributed by atoms with E-state index in [-0.39, 0.29) is 66.6 Å². The zero-order valence-electron chi connectivity index (χ0n) is 52.1. The van der Waals surface area contributed by atoms with E-state index in [4.69, 9.17) is 19.3 Å². The molecule has 0 aliphatic carbocycles. The summed E-state index contributed by atoms with van der Waals surface area (Å²) in [7, 11) is -4.74. The number of rotatable bonds is 22. The Hall–Kier alpha value is -5.93. The number of nitrogens with one attached hydrogen (secondary N) is 5. The summed E-state index contributed by atoms with van der Waals surface area (Å²) in [5.41, 5.74) is 7.65. The molecule has 2 aromatic carbocycles. The van der Waals surface area contributed by atoms with Gasteiger partial charge in [0.1, 0.15) is 30.2 Å². The Morgan fingerprint density at radius 2 is 1.47 bits per heavy atom. The van der Waals surface area contributed by atoms with Crippen LogP contribution in [0.25, 0.3) is 10.9 Å². The van der Waals surface area contributed by atoms with Crippen LogP contribution >= 0.6 is 11.8 Å². The Bertz CT molecular complexity index is 2890. The second-order valence-corrected chi connectivity index (χ2v) is 36.8. The highest BCUT2D eigenvalue weighted by Crippen LogP contribution is 2.42. The van der Waals surface area contributed by atoms with Crippen molar-refractivity contribution in [2.24, 2.45) is 35.3 Å². The zero-order chi connectivity index (χ0) is 63.5. The van der Waals surface area contributed by atoms with Crippen molar-refractivity contribution in [2.45, 2.75) is 186 Å². The Kier molecular flexibility index (Phi) is 24.4. The third kappa shape index (κ3) is 19.0. The first-order chi connectivity index (χ1) is 39.5. The molecule has 1 fully saturated rings. The molecule has 6 amide bonds. The van der Waals surface area contributed by atoms with Gasteiger partial charge in [0.25, 0.3) is 0 Å². The fourth-order valence-electron chi connectivity index (χ4n) is 9.81. The second kappa shape index (κ2) is 29.6. The average Bonchev–Trinajstić information content (AvgIpc) is 3.47. The number of aromatic nitrogens is 1. The van der Waals surface area contributed by atoms with Crippen molar-refractivity contribution < 1.29 is 67.0 Å². The number of aliphatic hydroxyl groups is 1. The minimum Gasteiger partial charge on any atom is -0.489 e. The number of hydrogen-bond acceptors (Lipinski definition) is 14. The molecule has 0 spiro atoms. The smallest absolute Gasteiger partial charge is 0.326 e. The number of ether oxygens (including phenoxy) is 1. The van der Waals surface area contributed by atoms with E-state index in [0.29, 0.717) is 33.7 Å². The predicted molar refractivity (Wildman–Crippen MR) is 330 cm³/mol. The molecule has 21 nitrogen and oxygen atoms in total. The SMILES string of the molecule is CC[C@H](C)[C@@H]1NC(=O)CNC(=O)[C@@H](CC(=O)[C@@H](C)[C@@H](C)[C@H](CO[Si](C)(C)C(C)(C)C)O[Si](C)(C)C(C)(C)C)Cc2c([nH]c3cc(OCc4ccccc4)ccc23)SC[C@@H](C(=O)C[C@@H](CC(N)=O)C(=O)N2C[C@H](O)C[C@H]2C(=O)O)NC(=O)CNC1=O. The number of nitrogens with two attached hydrogens (primary N) is 1. The van der Waals surface area contributed by atoms with E-state index in [9.17, 15) is 48.6 Å². The molecule has 2 aliphatic rings. The summed E-state index contributed by atoms with van der Waals surface area (Å²) < 4.78 is 20.1. The summed E-state index contributed by atoms with van der Waals surface area (Å²) in [5.74, 6) is -10.9. The molecule has 0 unspecified atom stereocenters. The van der Waals surface area contributed by atoms with E-state index in [2.05, 4.69) is 94.0 Å². The van der Waals surface area contributed by atoms with Crippen LogP contribution in [0.4, 0.5) is 0 Å². The average molecular weight is 1240 g/mol. The van der Waals surface area contributed by atoms with Gasteiger partial charge in [-0.25, -0.2) is 4.79 Å². The van der Waals surface area contributed by atoms with E-state index < -0.39 is 144 Å². The molecule has 24 heteroatoms. The van der Waals surface area contributed by atoms with Crippen molar-refractivity contribution in [3.63, 3.8) is 0 Å². The highest BCUT2D eigenvalue weighted by Gasteiger charge is 2.46. The molecule has 2 aliphatic heterocycles. The minimum atomic E-state index is -2.44. The van der Waals surface area contributed by atoms with E-state index in [0.717, 1.165) is 22.2 Å². The summed E-state index contributed by atoms with van der Waals surface area (Å²) in [6.07, 6.45) is -3.20. The first-order valence-electron chi connectivity index (χ1n) is 29.5. The number of carbonyl (C=O) groups excluding carboxylic acids is 8. The lowest BCUT2D eigenvalue weighted by Crippen LogP contribution is -2.54. The third-order valence-electron chi connectivity index (χ3n) is 17.8. The number of hydrogen-bond donors (Lipinski definition) is 8. The van der Waals surface area contributed by atoms with Gasteiger partial charge in [-0.05, 0) is 77.8 Å². The van der Waals surface area contributed by atoms with Gasteiger partial charge in [-0.1, -0.05) is 106 Å². The number of carboxylic acid groups (broad SMARTS) is 1. The number of carbonyl (C=O) groups is 9. The number of thioether (sulfide) groups is 1. The Balaban J connectivity index is 1.62. The number of nitrogens with zero attached hydrogens (tertiary/aromatic N) is 1. The molecule has 470 valence electrons. The standard InChI is InChI=1S/C61H93N7O14SSi2/c1-15-35(2)54-56(76)64-29-52(73)65-46(49(71)25-40(26-51(62)72)58(77)68-31-41(69)27-47(68)59(78)79)34-83-57-44(43-22-21-42(28-45(43)66-57)80-32-38-19-17-16-18-20-38)23-39(55(75)63-30-53(74)67-54)24-48(70)36(3)37(4)50(82-85(13,14)61(8,9)10)33-81-84(11,12)60(5,6)7/h16-22,28,35-37,39-41,46-47,50,54,66,69H,15,23-27,29-34H2,1-14H3,(H2,62,72)(H,63,75)(H,64,76)(H,65,73)(H,67,74)(H,78,79)/t35-,36-,37+,39+,40-,41+,46-,47-,50-,54-/m0/s1. The third-order valence-corrected chi connectivity index (χ3v) is 27.9. The fourth-order valence-corrected chi connectivity index (χ4v) is 13.4. The molecule has 1 aromatic heterocycles. The number of aromatic amines is 1. The zero-order valence-corrected chi connectivity index (χ0v) is 54.9.